The first kappa shape index (κ1) is 15.9. The van der Waals surface area contributed by atoms with E-state index in [1.807, 2.05) is 0 Å². The Hall–Kier alpha value is -2.93. The molecule has 7 nitrogen and oxygen atoms in total. The van der Waals surface area contributed by atoms with Gasteiger partial charge in [0.05, 0.1) is 23.4 Å². The number of fused-ring (bicyclic) bond motifs is 1. The lowest BCUT2D eigenvalue weighted by Crippen LogP contribution is -2.13. The maximum atomic E-state index is 11.8. The summed E-state index contributed by atoms with van der Waals surface area (Å²) < 4.78 is 5.01. The van der Waals surface area contributed by atoms with Crippen molar-refractivity contribution in [1.82, 2.24) is 0 Å². The Bertz CT molecular complexity index is 880. The molecule has 0 aromatic heterocycles. The lowest BCUT2D eigenvalue weighted by molar-refractivity contribution is -0.385. The maximum absolute atomic E-state index is 11.8. The Morgan fingerprint density at radius 3 is 2.79 bits per heavy atom. The normalized spacial score (nSPS) is 13.4. The molecule has 2 aromatic carbocycles. The van der Waals surface area contributed by atoms with Gasteiger partial charge < -0.3 is 10.1 Å². The van der Waals surface area contributed by atoms with Crippen molar-refractivity contribution in [2.45, 2.75) is 0 Å². The number of amides is 1. The quantitative estimate of drug-likeness (QED) is 0.683. The van der Waals surface area contributed by atoms with Crippen LogP contribution in [0.4, 0.5) is 11.4 Å². The van der Waals surface area contributed by atoms with Crippen LogP contribution in [0.1, 0.15) is 11.1 Å². The fourth-order valence-electron chi connectivity index (χ4n) is 2.47. The number of halogens is 1. The van der Waals surface area contributed by atoms with Crippen LogP contribution in [0.5, 0.6) is 5.75 Å². The second-order valence-electron chi connectivity index (χ2n) is 5.05. The highest BCUT2D eigenvalue weighted by atomic mass is 35.5. The standard InChI is InChI=1S/C16H12ClN3O4/c1-24-14-5-2-9(6-13(14)20(22)23)16-11-7-10(17)3-4-12(11)19-15(21)8-18-16/h2-7H,8H2,1H3,(H,19,21). The first-order valence-corrected chi connectivity index (χ1v) is 7.34. The summed E-state index contributed by atoms with van der Waals surface area (Å²) in [6, 6.07) is 9.52. The Morgan fingerprint density at radius 2 is 2.08 bits per heavy atom. The number of benzodiazepines with no additional fused rings is 1. The van der Waals surface area contributed by atoms with Crippen molar-refractivity contribution in [1.29, 1.82) is 0 Å². The molecule has 0 aliphatic carbocycles. The number of anilines is 1. The van der Waals surface area contributed by atoms with E-state index in [0.717, 1.165) is 0 Å². The number of nitrogens with zero attached hydrogens (tertiary/aromatic N) is 2. The first-order chi connectivity index (χ1) is 11.5. The molecular weight excluding hydrogens is 334 g/mol. The van der Waals surface area contributed by atoms with E-state index < -0.39 is 4.92 Å². The van der Waals surface area contributed by atoms with Gasteiger partial charge in [-0.15, -0.1) is 0 Å². The van der Waals surface area contributed by atoms with E-state index in [1.165, 1.54) is 19.2 Å². The van der Waals surface area contributed by atoms with Crippen LogP contribution in [-0.4, -0.2) is 30.2 Å². The zero-order chi connectivity index (χ0) is 17.3. The third-order valence-corrected chi connectivity index (χ3v) is 3.78. The molecule has 0 radical (unpaired) electrons. The summed E-state index contributed by atoms with van der Waals surface area (Å²) >= 11 is 6.05. The molecule has 1 aliphatic heterocycles. The monoisotopic (exact) mass is 345 g/mol. The Morgan fingerprint density at radius 1 is 1.29 bits per heavy atom. The number of carbonyl (C=O) groups excluding carboxylic acids is 1. The molecule has 1 heterocycles. The van der Waals surface area contributed by atoms with Crippen LogP contribution in [0, 0.1) is 10.1 Å². The average Bonchev–Trinajstić information content (AvgIpc) is 2.72. The molecule has 1 amide bonds. The van der Waals surface area contributed by atoms with Crippen LogP contribution in [0.2, 0.25) is 5.02 Å². The van der Waals surface area contributed by atoms with Crippen LogP contribution in [0.25, 0.3) is 0 Å². The Labute approximate surface area is 142 Å². The molecule has 0 bridgehead atoms. The van der Waals surface area contributed by atoms with Gasteiger partial charge in [0.2, 0.25) is 5.91 Å². The third-order valence-electron chi connectivity index (χ3n) is 3.54. The number of rotatable bonds is 3. The summed E-state index contributed by atoms with van der Waals surface area (Å²) in [5.74, 6) is -0.116. The molecular formula is C16H12ClN3O4. The molecule has 122 valence electrons. The van der Waals surface area contributed by atoms with Gasteiger partial charge >= 0.3 is 5.69 Å². The summed E-state index contributed by atoms with van der Waals surface area (Å²) in [6.07, 6.45) is 0. The molecule has 0 unspecified atom stereocenters. The van der Waals surface area contributed by atoms with Gasteiger partial charge in [0.15, 0.2) is 5.75 Å². The predicted octanol–water partition coefficient (Wildman–Crippen LogP) is 3.05. The van der Waals surface area contributed by atoms with Crippen LogP contribution in [-0.2, 0) is 4.79 Å². The number of carbonyl (C=O) groups is 1. The van der Waals surface area contributed by atoms with Crippen LogP contribution in [0.15, 0.2) is 41.4 Å². The molecule has 0 atom stereocenters. The third kappa shape index (κ3) is 2.93. The van der Waals surface area contributed by atoms with Gasteiger partial charge in [-0.05, 0) is 30.3 Å². The van der Waals surface area contributed by atoms with Crippen molar-refractivity contribution in [3.8, 4) is 5.75 Å². The molecule has 1 aliphatic rings. The van der Waals surface area contributed by atoms with Crippen molar-refractivity contribution in [3.05, 3.63) is 62.7 Å². The summed E-state index contributed by atoms with van der Waals surface area (Å²) in [4.78, 5) is 26.8. The number of hydrogen-bond acceptors (Lipinski definition) is 5. The maximum Gasteiger partial charge on any atom is 0.311 e. The van der Waals surface area contributed by atoms with Gasteiger partial charge in [-0.2, -0.15) is 0 Å². The number of aliphatic imine (C=N–C) groups is 1. The molecule has 0 spiro atoms. The minimum Gasteiger partial charge on any atom is -0.490 e. The second-order valence-corrected chi connectivity index (χ2v) is 5.48. The molecule has 3 rings (SSSR count). The van der Waals surface area contributed by atoms with E-state index in [-0.39, 0.29) is 23.9 Å². The summed E-state index contributed by atoms with van der Waals surface area (Å²) in [5, 5.41) is 14.4. The number of methoxy groups -OCH3 is 1. The van der Waals surface area contributed by atoms with Gasteiger partial charge in [-0.1, -0.05) is 11.6 Å². The Kier molecular flexibility index (Phi) is 4.18. The summed E-state index contributed by atoms with van der Waals surface area (Å²) in [5.41, 5.74) is 1.94. The largest absolute Gasteiger partial charge is 0.490 e. The average molecular weight is 346 g/mol. The summed E-state index contributed by atoms with van der Waals surface area (Å²) in [7, 11) is 1.36. The Balaban J connectivity index is 2.19. The number of nitro groups is 1. The van der Waals surface area contributed by atoms with Crippen molar-refractivity contribution in [2.75, 3.05) is 19.0 Å². The van der Waals surface area contributed by atoms with Gasteiger partial charge in [-0.3, -0.25) is 19.9 Å². The van der Waals surface area contributed by atoms with Gasteiger partial charge in [0, 0.05) is 22.2 Å². The zero-order valence-electron chi connectivity index (χ0n) is 12.6. The topological polar surface area (TPSA) is 93.8 Å². The van der Waals surface area contributed by atoms with Crippen molar-refractivity contribution >= 4 is 34.6 Å². The van der Waals surface area contributed by atoms with E-state index >= 15 is 0 Å². The second kappa shape index (κ2) is 6.29. The number of nitro benzene ring substituents is 1. The lowest BCUT2D eigenvalue weighted by atomic mass is 10.00. The lowest BCUT2D eigenvalue weighted by Gasteiger charge is -2.11. The minimum absolute atomic E-state index is 0.0819. The summed E-state index contributed by atoms with van der Waals surface area (Å²) in [6.45, 7) is -0.0819. The van der Waals surface area contributed by atoms with Crippen LogP contribution >= 0.6 is 11.6 Å². The molecule has 2 aromatic rings. The number of benzene rings is 2. The zero-order valence-corrected chi connectivity index (χ0v) is 13.3. The molecule has 8 heteroatoms. The van der Waals surface area contributed by atoms with Crippen LogP contribution < -0.4 is 10.1 Å². The van der Waals surface area contributed by atoms with E-state index in [2.05, 4.69) is 10.3 Å². The van der Waals surface area contributed by atoms with E-state index in [9.17, 15) is 14.9 Å². The van der Waals surface area contributed by atoms with E-state index in [0.29, 0.717) is 27.5 Å². The highest BCUT2D eigenvalue weighted by molar-refractivity contribution is 6.32. The van der Waals surface area contributed by atoms with Gasteiger partial charge in [0.25, 0.3) is 0 Å². The van der Waals surface area contributed by atoms with Crippen molar-refractivity contribution in [2.24, 2.45) is 4.99 Å². The number of hydrogen-bond donors (Lipinski definition) is 1. The fraction of sp³-hybridized carbons (Fsp3) is 0.125. The fourth-order valence-corrected chi connectivity index (χ4v) is 2.65. The molecule has 1 N–H and O–H groups in total. The number of ether oxygens (including phenoxy) is 1. The van der Waals surface area contributed by atoms with Gasteiger partial charge in [0.1, 0.15) is 6.54 Å². The predicted molar refractivity (Wildman–Crippen MR) is 90.2 cm³/mol. The first-order valence-electron chi connectivity index (χ1n) is 6.96. The number of nitrogens with one attached hydrogen (secondary N) is 1. The molecule has 0 saturated carbocycles. The van der Waals surface area contributed by atoms with E-state index in [4.69, 9.17) is 16.3 Å². The van der Waals surface area contributed by atoms with Crippen LogP contribution in [0.3, 0.4) is 0 Å². The minimum atomic E-state index is -0.526. The van der Waals surface area contributed by atoms with E-state index in [1.54, 1.807) is 24.3 Å². The van der Waals surface area contributed by atoms with Gasteiger partial charge in [-0.25, -0.2) is 0 Å². The highest BCUT2D eigenvalue weighted by Gasteiger charge is 2.22. The highest BCUT2D eigenvalue weighted by Crippen LogP contribution is 2.31. The van der Waals surface area contributed by atoms with Crippen molar-refractivity contribution in [3.63, 3.8) is 0 Å². The SMILES string of the molecule is COc1ccc(C2=NCC(=O)Nc3ccc(Cl)cc32)cc1[N+](=O)[O-]. The van der Waals surface area contributed by atoms with Crippen molar-refractivity contribution < 1.29 is 14.5 Å². The smallest absolute Gasteiger partial charge is 0.311 e. The molecule has 0 saturated heterocycles. The molecule has 0 fully saturated rings. The molecule has 24 heavy (non-hydrogen) atoms.